The van der Waals surface area contributed by atoms with Gasteiger partial charge in [0, 0.05) is 33.9 Å². The Kier molecular flexibility index (Phi) is 8.02. The summed E-state index contributed by atoms with van der Waals surface area (Å²) in [5, 5.41) is 9.48. The fourth-order valence-electron chi connectivity index (χ4n) is 9.80. The molecule has 2 unspecified atom stereocenters. The fraction of sp³-hybridized carbons (Fsp3) is 0.0345. The molecule has 1 heterocycles. The van der Waals surface area contributed by atoms with Gasteiger partial charge in [-0.1, -0.05) is 188 Å². The van der Waals surface area contributed by atoms with Crippen LogP contribution in [0.4, 0.5) is 17.1 Å². The summed E-state index contributed by atoms with van der Waals surface area (Å²) in [4.78, 5) is 2.47. The van der Waals surface area contributed by atoms with Gasteiger partial charge in [-0.2, -0.15) is 0 Å². The average molecular weight is 766 g/mol. The lowest BCUT2D eigenvalue weighted by atomic mass is 9.76. The zero-order valence-corrected chi connectivity index (χ0v) is 32.9. The average Bonchev–Trinajstić information content (AvgIpc) is 3.72. The number of rotatable bonds is 6. The highest BCUT2D eigenvalue weighted by Crippen LogP contribution is 2.49. The number of nitrogens with zero attached hydrogens (tertiary/aromatic N) is 1. The van der Waals surface area contributed by atoms with Crippen LogP contribution in [0.5, 0.6) is 0 Å². The smallest absolute Gasteiger partial charge is 0.143 e. The summed E-state index contributed by atoms with van der Waals surface area (Å²) < 4.78 is 6.82. The summed E-state index contributed by atoms with van der Waals surface area (Å²) in [6.45, 7) is 0. The number of furan rings is 1. The Morgan fingerprint density at radius 2 is 1.17 bits per heavy atom. The predicted molar refractivity (Wildman–Crippen MR) is 254 cm³/mol. The third-order valence-corrected chi connectivity index (χ3v) is 12.7. The van der Waals surface area contributed by atoms with Gasteiger partial charge in [-0.25, -0.2) is 0 Å². The Labute approximate surface area is 349 Å². The largest absolute Gasteiger partial charge is 0.455 e. The molecule has 0 saturated heterocycles. The molecular formula is C58H39NO. The highest BCUT2D eigenvalue weighted by Gasteiger charge is 2.27. The molecule has 0 N–H and O–H groups in total. The van der Waals surface area contributed by atoms with Gasteiger partial charge < -0.3 is 9.32 Å². The van der Waals surface area contributed by atoms with Gasteiger partial charge in [0.1, 0.15) is 11.2 Å². The van der Waals surface area contributed by atoms with E-state index in [0.29, 0.717) is 5.92 Å². The van der Waals surface area contributed by atoms with Crippen molar-refractivity contribution in [3.8, 4) is 22.3 Å². The van der Waals surface area contributed by atoms with Crippen molar-refractivity contribution in [1.29, 1.82) is 0 Å². The van der Waals surface area contributed by atoms with E-state index in [-0.39, 0.29) is 5.92 Å². The molecular weight excluding hydrogens is 727 g/mol. The first-order valence-electron chi connectivity index (χ1n) is 20.8. The Morgan fingerprint density at radius 1 is 0.433 bits per heavy atom. The maximum atomic E-state index is 6.82. The second-order valence-corrected chi connectivity index (χ2v) is 16.0. The molecule has 282 valence electrons. The Balaban J connectivity index is 1.12. The molecule has 0 spiro atoms. The molecule has 0 aliphatic heterocycles. The molecule has 12 rings (SSSR count). The van der Waals surface area contributed by atoms with Crippen LogP contribution in [0.25, 0.3) is 76.5 Å². The third-order valence-electron chi connectivity index (χ3n) is 12.7. The normalized spacial score (nSPS) is 15.9. The van der Waals surface area contributed by atoms with Crippen LogP contribution in [-0.4, -0.2) is 0 Å². The van der Waals surface area contributed by atoms with E-state index in [1.165, 1.54) is 38.2 Å². The quantitative estimate of drug-likeness (QED) is 0.157. The van der Waals surface area contributed by atoms with Gasteiger partial charge in [0.05, 0.1) is 16.8 Å². The maximum Gasteiger partial charge on any atom is 0.143 e. The number of anilines is 3. The molecule has 0 radical (unpaired) electrons. The first-order valence-corrected chi connectivity index (χ1v) is 20.8. The van der Waals surface area contributed by atoms with E-state index >= 15 is 0 Å². The van der Waals surface area contributed by atoms with Gasteiger partial charge in [0.15, 0.2) is 0 Å². The number of benzene rings is 9. The lowest BCUT2D eigenvalue weighted by molar-refractivity contribution is 0.670. The highest BCUT2D eigenvalue weighted by molar-refractivity contribution is 6.20. The van der Waals surface area contributed by atoms with Crippen LogP contribution in [0.2, 0.25) is 0 Å². The van der Waals surface area contributed by atoms with E-state index in [2.05, 4.69) is 229 Å². The molecule has 0 fully saturated rings. The van der Waals surface area contributed by atoms with E-state index in [0.717, 1.165) is 66.5 Å². The number of hydrogen-bond acceptors (Lipinski definition) is 2. The van der Waals surface area contributed by atoms with Gasteiger partial charge in [-0.15, -0.1) is 0 Å². The van der Waals surface area contributed by atoms with Crippen molar-refractivity contribution in [2.24, 2.45) is 5.92 Å². The van der Waals surface area contributed by atoms with E-state index in [4.69, 9.17) is 4.42 Å². The minimum atomic E-state index is 0.258. The Morgan fingerprint density at radius 3 is 2.03 bits per heavy atom. The fourth-order valence-corrected chi connectivity index (χ4v) is 9.80. The van der Waals surface area contributed by atoms with Crippen molar-refractivity contribution in [3.63, 3.8) is 0 Å². The Hall–Kier alpha value is -7.68. The molecule has 9 aromatic carbocycles. The second-order valence-electron chi connectivity index (χ2n) is 16.0. The minimum absolute atomic E-state index is 0.258. The van der Waals surface area contributed by atoms with Crippen LogP contribution in [0.3, 0.4) is 0 Å². The molecule has 1 aromatic heterocycles. The number of hydrogen-bond donors (Lipinski definition) is 0. The monoisotopic (exact) mass is 765 g/mol. The molecule has 0 bridgehead atoms. The van der Waals surface area contributed by atoms with Gasteiger partial charge in [0.25, 0.3) is 0 Å². The van der Waals surface area contributed by atoms with E-state index < -0.39 is 0 Å². The lowest BCUT2D eigenvalue weighted by Gasteiger charge is -2.31. The van der Waals surface area contributed by atoms with Gasteiger partial charge in [-0.3, -0.25) is 0 Å². The van der Waals surface area contributed by atoms with Gasteiger partial charge in [0.2, 0.25) is 0 Å². The van der Waals surface area contributed by atoms with Crippen LogP contribution in [0.15, 0.2) is 235 Å². The molecule has 2 nitrogen and oxygen atoms in total. The van der Waals surface area contributed by atoms with Crippen LogP contribution in [0, 0.1) is 5.92 Å². The topological polar surface area (TPSA) is 16.4 Å². The van der Waals surface area contributed by atoms with Crippen LogP contribution < -0.4 is 4.90 Å². The van der Waals surface area contributed by atoms with Crippen molar-refractivity contribution in [1.82, 2.24) is 0 Å². The van der Waals surface area contributed by atoms with Crippen LogP contribution in [0.1, 0.15) is 11.5 Å². The van der Waals surface area contributed by atoms with Crippen molar-refractivity contribution in [2.75, 3.05) is 4.90 Å². The SMILES string of the molecule is C1=CC2=CC=CC(c3ccc(N(c4cc(-c5cccc6c5ccc5ccccc56)ccc4-c4ccccc4)c4cccc5oc6c7ccccc7ccc6c45)cc3)C2C=C1. The molecule has 2 heteroatoms. The molecule has 0 amide bonds. The first-order chi connectivity index (χ1) is 29.8. The summed E-state index contributed by atoms with van der Waals surface area (Å²) in [6, 6.07) is 66.5. The van der Waals surface area contributed by atoms with Gasteiger partial charge in [-0.05, 0) is 91.2 Å². The molecule has 2 aliphatic carbocycles. The summed E-state index contributed by atoms with van der Waals surface area (Å²) in [7, 11) is 0. The lowest BCUT2D eigenvalue weighted by Crippen LogP contribution is -2.15. The summed E-state index contributed by atoms with van der Waals surface area (Å²) in [5.41, 5.74) is 12.3. The zero-order valence-electron chi connectivity index (χ0n) is 32.9. The van der Waals surface area contributed by atoms with Crippen LogP contribution in [-0.2, 0) is 0 Å². The van der Waals surface area contributed by atoms with E-state index in [9.17, 15) is 0 Å². The summed E-state index contributed by atoms with van der Waals surface area (Å²) in [6.07, 6.45) is 15.7. The van der Waals surface area contributed by atoms with E-state index in [1.807, 2.05) is 0 Å². The number of fused-ring (bicyclic) bond motifs is 9. The summed E-state index contributed by atoms with van der Waals surface area (Å²) in [5.74, 6) is 0.580. The molecule has 0 saturated carbocycles. The summed E-state index contributed by atoms with van der Waals surface area (Å²) >= 11 is 0. The maximum absolute atomic E-state index is 6.82. The molecule has 2 atom stereocenters. The van der Waals surface area contributed by atoms with Gasteiger partial charge >= 0.3 is 0 Å². The highest BCUT2D eigenvalue weighted by atomic mass is 16.3. The van der Waals surface area contributed by atoms with Crippen molar-refractivity contribution < 1.29 is 4.42 Å². The number of allylic oxidation sites excluding steroid dienone is 8. The molecule has 2 aliphatic rings. The minimum Gasteiger partial charge on any atom is -0.455 e. The zero-order chi connectivity index (χ0) is 39.6. The van der Waals surface area contributed by atoms with E-state index in [1.54, 1.807) is 0 Å². The third kappa shape index (κ3) is 5.56. The molecule has 10 aromatic rings. The van der Waals surface area contributed by atoms with Crippen molar-refractivity contribution in [2.45, 2.75) is 5.92 Å². The standard InChI is InChI=1S/C58H39NO/c1-2-13-39(14-3-1)49-34-31-43(48-23-11-24-51-47-20-8-5-16-40(47)29-35-52(48)51)37-55(49)59(44-32-27-42(28-33-44)46-22-10-18-38-15-4-7-19-45(38)46)54-25-12-26-56-57(54)53-36-30-41-17-6-9-21-50(41)58(53)60-56/h1-37,45-46H. The second kappa shape index (κ2) is 14.0. The molecule has 60 heavy (non-hydrogen) atoms. The van der Waals surface area contributed by atoms with Crippen molar-refractivity contribution in [3.05, 3.63) is 236 Å². The van der Waals surface area contributed by atoms with Crippen LogP contribution >= 0.6 is 0 Å². The first kappa shape index (κ1) is 34.4. The predicted octanol–water partition coefficient (Wildman–Crippen LogP) is 16.2. The van der Waals surface area contributed by atoms with Crippen molar-refractivity contribution >= 4 is 71.3 Å². The Bertz CT molecular complexity index is 3430.